The second kappa shape index (κ2) is 14.4. The largest absolute Gasteiger partial charge is 0.303 e. The molecule has 0 bridgehead atoms. The first kappa shape index (κ1) is 31.6. The summed E-state index contributed by atoms with van der Waals surface area (Å²) in [5.74, 6) is 0.810. The Hall–Kier alpha value is -3.98. The molecule has 2 nitrogen and oxygen atoms in total. The third-order valence-corrected chi connectivity index (χ3v) is 11.4. The highest BCUT2D eigenvalue weighted by Crippen LogP contribution is 2.48. The van der Waals surface area contributed by atoms with E-state index in [0.29, 0.717) is 0 Å². The summed E-state index contributed by atoms with van der Waals surface area (Å²) in [4.78, 5) is 5.57. The Kier molecular flexibility index (Phi) is 9.70. The van der Waals surface area contributed by atoms with Gasteiger partial charge in [0.2, 0.25) is 0 Å². The second-order valence-corrected chi connectivity index (χ2v) is 14.2. The molecule has 0 spiro atoms. The lowest BCUT2D eigenvalue weighted by Crippen LogP contribution is -2.54. The van der Waals surface area contributed by atoms with E-state index in [-0.39, 0.29) is 11.0 Å². The fourth-order valence-electron chi connectivity index (χ4n) is 8.75. The van der Waals surface area contributed by atoms with E-state index >= 15 is 0 Å². The van der Waals surface area contributed by atoms with Crippen LogP contribution in [0.2, 0.25) is 0 Å². The zero-order valence-electron chi connectivity index (χ0n) is 28.1. The van der Waals surface area contributed by atoms with Gasteiger partial charge in [-0.15, -0.1) is 0 Å². The number of rotatable bonds is 10. The first-order chi connectivity index (χ1) is 23.2. The molecule has 2 aliphatic heterocycles. The smallest absolute Gasteiger partial charge is 0.0972 e. The Morgan fingerprint density at radius 3 is 1.62 bits per heavy atom. The molecule has 5 aromatic carbocycles. The highest BCUT2D eigenvalue weighted by molar-refractivity contribution is 5.50. The van der Waals surface area contributed by atoms with Crippen LogP contribution in [0, 0.1) is 12.8 Å². The van der Waals surface area contributed by atoms with Crippen LogP contribution in [0.25, 0.3) is 0 Å². The molecule has 7 rings (SSSR count). The minimum Gasteiger partial charge on any atom is -0.303 e. The van der Waals surface area contributed by atoms with Crippen LogP contribution in [0.1, 0.15) is 65.5 Å². The predicted octanol–water partition coefficient (Wildman–Crippen LogP) is 9.67. The molecule has 240 valence electrons. The highest BCUT2D eigenvalue weighted by Gasteiger charge is 2.46. The van der Waals surface area contributed by atoms with E-state index in [9.17, 15) is 0 Å². The van der Waals surface area contributed by atoms with Gasteiger partial charge in [-0.1, -0.05) is 151 Å². The molecular formula is C45H50N2. The van der Waals surface area contributed by atoms with Gasteiger partial charge < -0.3 is 4.90 Å². The molecule has 0 N–H and O–H groups in total. The van der Waals surface area contributed by atoms with Crippen LogP contribution < -0.4 is 0 Å². The summed E-state index contributed by atoms with van der Waals surface area (Å²) in [5, 5.41) is 0. The Balaban J connectivity index is 1.15. The molecule has 0 aromatic heterocycles. The molecule has 2 heteroatoms. The van der Waals surface area contributed by atoms with Crippen LogP contribution in [0.3, 0.4) is 0 Å². The molecule has 0 aliphatic carbocycles. The fraction of sp³-hybridized carbons (Fsp3) is 0.333. The van der Waals surface area contributed by atoms with Crippen molar-refractivity contribution in [2.24, 2.45) is 5.92 Å². The summed E-state index contributed by atoms with van der Waals surface area (Å²) in [6.07, 6.45) is 7.40. The van der Waals surface area contributed by atoms with Crippen molar-refractivity contribution in [2.45, 2.75) is 56.4 Å². The van der Waals surface area contributed by atoms with Gasteiger partial charge in [-0.25, -0.2) is 0 Å². The minimum absolute atomic E-state index is 0.180. The number of hydrogen-bond acceptors (Lipinski definition) is 2. The third-order valence-electron chi connectivity index (χ3n) is 11.4. The summed E-state index contributed by atoms with van der Waals surface area (Å²) in [5.41, 5.74) is 8.28. The number of piperidine rings is 2. The average Bonchev–Trinajstić information content (AvgIpc) is 3.14. The molecule has 2 saturated heterocycles. The number of hydrogen-bond donors (Lipinski definition) is 0. The quantitative estimate of drug-likeness (QED) is 0.144. The molecule has 2 fully saturated rings. The van der Waals surface area contributed by atoms with E-state index in [4.69, 9.17) is 0 Å². The Labute approximate surface area is 283 Å². The molecule has 0 saturated carbocycles. The Bertz CT molecular complexity index is 1570. The summed E-state index contributed by atoms with van der Waals surface area (Å²) >= 11 is 0. The Morgan fingerprint density at radius 1 is 0.596 bits per heavy atom. The standard InChI is InChI=1S/C45H50N2/c1-37-15-14-24-43(35-37)44(27-32-46-30-25-39(26-31-46)36-38-16-6-2-7-17-38)28-33-47(34-29-44)45(40-18-8-3-9-19-40,41-20-10-4-11-21-41)42-22-12-5-13-23-42/h2-24,35,39H,25-34,36H2,1H3. The normalized spacial score (nSPS) is 17.8. The molecular weight excluding hydrogens is 569 g/mol. The minimum atomic E-state index is -0.344. The van der Waals surface area contributed by atoms with Crippen LogP contribution in [0.15, 0.2) is 146 Å². The first-order valence-electron chi connectivity index (χ1n) is 17.9. The lowest BCUT2D eigenvalue weighted by Gasteiger charge is -2.52. The lowest BCUT2D eigenvalue weighted by molar-refractivity contribution is 0.0743. The van der Waals surface area contributed by atoms with Gasteiger partial charge in [0, 0.05) is 13.1 Å². The zero-order chi connectivity index (χ0) is 31.9. The summed E-state index contributed by atoms with van der Waals surface area (Å²) in [7, 11) is 0. The van der Waals surface area contributed by atoms with E-state index in [1.165, 1.54) is 73.1 Å². The lowest BCUT2D eigenvalue weighted by atomic mass is 9.67. The monoisotopic (exact) mass is 618 g/mol. The van der Waals surface area contributed by atoms with Crippen molar-refractivity contribution in [3.63, 3.8) is 0 Å². The Morgan fingerprint density at radius 2 is 1.11 bits per heavy atom. The van der Waals surface area contributed by atoms with E-state index in [0.717, 1.165) is 31.8 Å². The average molecular weight is 619 g/mol. The van der Waals surface area contributed by atoms with Crippen molar-refractivity contribution < 1.29 is 0 Å². The number of nitrogens with zero attached hydrogens (tertiary/aromatic N) is 2. The van der Waals surface area contributed by atoms with E-state index in [2.05, 4.69) is 162 Å². The molecule has 2 aliphatic rings. The second-order valence-electron chi connectivity index (χ2n) is 14.2. The van der Waals surface area contributed by atoms with Crippen molar-refractivity contribution >= 4 is 0 Å². The summed E-state index contributed by atoms with van der Waals surface area (Å²) in [6, 6.07) is 54.3. The zero-order valence-corrected chi connectivity index (χ0v) is 28.1. The third kappa shape index (κ3) is 6.73. The van der Waals surface area contributed by atoms with Crippen molar-refractivity contribution in [1.82, 2.24) is 9.80 Å². The molecule has 0 atom stereocenters. The van der Waals surface area contributed by atoms with Gasteiger partial charge >= 0.3 is 0 Å². The number of benzene rings is 5. The van der Waals surface area contributed by atoms with Gasteiger partial charge in [0.1, 0.15) is 0 Å². The van der Waals surface area contributed by atoms with E-state index in [1.807, 2.05) is 0 Å². The topological polar surface area (TPSA) is 6.48 Å². The summed E-state index contributed by atoms with van der Waals surface area (Å²) < 4.78 is 0. The molecule has 0 radical (unpaired) electrons. The molecule has 0 amide bonds. The SMILES string of the molecule is Cc1cccc(C2(CCN3CCC(Cc4ccccc4)CC3)CCN(C(c3ccccc3)(c3ccccc3)c3ccccc3)CC2)c1. The van der Waals surface area contributed by atoms with Crippen LogP contribution in [-0.4, -0.2) is 42.5 Å². The molecule has 2 heterocycles. The molecule has 0 unspecified atom stereocenters. The number of likely N-dealkylation sites (tertiary alicyclic amines) is 2. The number of aryl methyl sites for hydroxylation is 1. The van der Waals surface area contributed by atoms with Crippen LogP contribution in [-0.2, 0) is 17.4 Å². The maximum Gasteiger partial charge on any atom is 0.0972 e. The molecule has 5 aromatic rings. The van der Waals surface area contributed by atoms with Crippen LogP contribution in [0.4, 0.5) is 0 Å². The van der Waals surface area contributed by atoms with Gasteiger partial charge in [0.05, 0.1) is 5.54 Å². The van der Waals surface area contributed by atoms with E-state index < -0.39 is 0 Å². The van der Waals surface area contributed by atoms with Crippen LogP contribution in [0.5, 0.6) is 0 Å². The fourth-order valence-corrected chi connectivity index (χ4v) is 8.75. The van der Waals surface area contributed by atoms with Crippen molar-refractivity contribution in [1.29, 1.82) is 0 Å². The van der Waals surface area contributed by atoms with Crippen molar-refractivity contribution in [3.8, 4) is 0 Å². The summed E-state index contributed by atoms with van der Waals surface area (Å²) in [6.45, 7) is 8.00. The van der Waals surface area contributed by atoms with E-state index in [1.54, 1.807) is 5.56 Å². The van der Waals surface area contributed by atoms with Gasteiger partial charge in [-0.3, -0.25) is 4.90 Å². The van der Waals surface area contributed by atoms with Gasteiger partial charge in [-0.2, -0.15) is 0 Å². The maximum absolute atomic E-state index is 2.80. The maximum atomic E-state index is 2.80. The van der Waals surface area contributed by atoms with Crippen molar-refractivity contribution in [2.75, 3.05) is 32.7 Å². The van der Waals surface area contributed by atoms with Crippen molar-refractivity contribution in [3.05, 3.63) is 179 Å². The highest BCUT2D eigenvalue weighted by atomic mass is 15.2. The molecule has 47 heavy (non-hydrogen) atoms. The first-order valence-corrected chi connectivity index (χ1v) is 17.9. The van der Waals surface area contributed by atoms with Gasteiger partial charge in [-0.05, 0) is 104 Å². The predicted molar refractivity (Wildman–Crippen MR) is 197 cm³/mol. The van der Waals surface area contributed by atoms with Crippen LogP contribution >= 0.6 is 0 Å². The van der Waals surface area contributed by atoms with Gasteiger partial charge in [0.25, 0.3) is 0 Å². The van der Waals surface area contributed by atoms with Gasteiger partial charge in [0.15, 0.2) is 0 Å².